The number of hydrogen-bond acceptors (Lipinski definition) is 4. The second kappa shape index (κ2) is 5.77. The number of anilines is 2. The fourth-order valence-corrected chi connectivity index (χ4v) is 1.86. The van der Waals surface area contributed by atoms with Crippen molar-refractivity contribution in [2.24, 2.45) is 0 Å². The van der Waals surface area contributed by atoms with Gasteiger partial charge in [0.15, 0.2) is 11.6 Å². The first-order valence-corrected chi connectivity index (χ1v) is 6.17. The predicted molar refractivity (Wildman–Crippen MR) is 73.0 cm³/mol. The van der Waals surface area contributed by atoms with Crippen LogP contribution in [0.15, 0.2) is 34.9 Å². The SMILES string of the molecule is CNc1ncc(F)c(NCc2ccccc2Br)n1. The van der Waals surface area contributed by atoms with E-state index in [4.69, 9.17) is 0 Å². The van der Waals surface area contributed by atoms with Gasteiger partial charge in [0.2, 0.25) is 5.95 Å². The molecule has 2 rings (SSSR count). The van der Waals surface area contributed by atoms with Crippen molar-refractivity contribution in [3.05, 3.63) is 46.3 Å². The van der Waals surface area contributed by atoms with Crippen LogP contribution in [0.5, 0.6) is 0 Å². The molecule has 0 aliphatic rings. The highest BCUT2D eigenvalue weighted by molar-refractivity contribution is 9.10. The lowest BCUT2D eigenvalue weighted by Crippen LogP contribution is -2.07. The molecule has 0 saturated heterocycles. The van der Waals surface area contributed by atoms with Crippen LogP contribution in [0.1, 0.15) is 5.56 Å². The van der Waals surface area contributed by atoms with Crippen LogP contribution in [0.25, 0.3) is 0 Å². The van der Waals surface area contributed by atoms with E-state index in [9.17, 15) is 4.39 Å². The summed E-state index contributed by atoms with van der Waals surface area (Å²) in [4.78, 5) is 7.80. The maximum absolute atomic E-state index is 13.5. The van der Waals surface area contributed by atoms with Crippen molar-refractivity contribution >= 4 is 27.7 Å². The van der Waals surface area contributed by atoms with Crippen LogP contribution < -0.4 is 10.6 Å². The minimum absolute atomic E-state index is 0.185. The third-order valence-electron chi connectivity index (χ3n) is 2.37. The molecule has 0 amide bonds. The molecule has 18 heavy (non-hydrogen) atoms. The van der Waals surface area contributed by atoms with E-state index in [0.717, 1.165) is 16.2 Å². The summed E-state index contributed by atoms with van der Waals surface area (Å²) in [5.41, 5.74) is 1.03. The van der Waals surface area contributed by atoms with E-state index in [2.05, 4.69) is 36.5 Å². The van der Waals surface area contributed by atoms with Gasteiger partial charge in [-0.25, -0.2) is 9.37 Å². The molecule has 94 valence electrons. The number of nitrogens with one attached hydrogen (secondary N) is 2. The zero-order chi connectivity index (χ0) is 13.0. The van der Waals surface area contributed by atoms with Gasteiger partial charge in [-0.1, -0.05) is 34.1 Å². The lowest BCUT2D eigenvalue weighted by Gasteiger charge is -2.09. The molecular formula is C12H12BrFN4. The molecule has 0 saturated carbocycles. The number of benzene rings is 1. The third-order valence-corrected chi connectivity index (χ3v) is 3.15. The first-order chi connectivity index (χ1) is 8.70. The average Bonchev–Trinajstić information content (AvgIpc) is 2.39. The normalized spacial score (nSPS) is 10.2. The van der Waals surface area contributed by atoms with Gasteiger partial charge in [-0.3, -0.25) is 0 Å². The summed E-state index contributed by atoms with van der Waals surface area (Å²) in [5, 5.41) is 5.71. The van der Waals surface area contributed by atoms with Crippen molar-refractivity contribution in [2.75, 3.05) is 17.7 Å². The Morgan fingerprint density at radius 2 is 2.11 bits per heavy atom. The molecular weight excluding hydrogens is 299 g/mol. The Bertz CT molecular complexity index is 547. The Hall–Kier alpha value is -1.69. The highest BCUT2D eigenvalue weighted by Gasteiger charge is 2.06. The van der Waals surface area contributed by atoms with E-state index in [1.54, 1.807) is 7.05 Å². The fourth-order valence-electron chi connectivity index (χ4n) is 1.43. The first kappa shape index (κ1) is 12.8. The highest BCUT2D eigenvalue weighted by Crippen LogP contribution is 2.18. The summed E-state index contributed by atoms with van der Waals surface area (Å²) >= 11 is 3.44. The summed E-state index contributed by atoms with van der Waals surface area (Å²) in [6.07, 6.45) is 1.14. The summed E-state index contributed by atoms with van der Waals surface area (Å²) in [7, 11) is 1.69. The largest absolute Gasteiger partial charge is 0.363 e. The van der Waals surface area contributed by atoms with Crippen LogP contribution in [0.2, 0.25) is 0 Å². The molecule has 1 aromatic carbocycles. The summed E-state index contributed by atoms with van der Waals surface area (Å²) < 4.78 is 14.5. The Morgan fingerprint density at radius 1 is 1.33 bits per heavy atom. The minimum atomic E-state index is -0.471. The van der Waals surface area contributed by atoms with E-state index in [1.165, 1.54) is 0 Å². The molecule has 1 aromatic heterocycles. The van der Waals surface area contributed by atoms with Crippen molar-refractivity contribution < 1.29 is 4.39 Å². The van der Waals surface area contributed by atoms with Gasteiger partial charge in [0.05, 0.1) is 6.20 Å². The van der Waals surface area contributed by atoms with E-state index in [1.807, 2.05) is 24.3 Å². The molecule has 0 atom stereocenters. The summed E-state index contributed by atoms with van der Waals surface area (Å²) in [5.74, 6) is 0.0946. The molecule has 0 unspecified atom stereocenters. The van der Waals surface area contributed by atoms with E-state index >= 15 is 0 Å². The lowest BCUT2D eigenvalue weighted by atomic mass is 10.2. The Kier molecular flexibility index (Phi) is 4.09. The Balaban J connectivity index is 2.13. The summed E-state index contributed by atoms with van der Waals surface area (Å²) in [6, 6.07) is 7.75. The number of hydrogen-bond donors (Lipinski definition) is 2. The van der Waals surface area contributed by atoms with Gasteiger partial charge >= 0.3 is 0 Å². The lowest BCUT2D eigenvalue weighted by molar-refractivity contribution is 0.617. The Morgan fingerprint density at radius 3 is 2.83 bits per heavy atom. The number of rotatable bonds is 4. The van der Waals surface area contributed by atoms with Crippen molar-refractivity contribution in [3.63, 3.8) is 0 Å². The maximum Gasteiger partial charge on any atom is 0.224 e. The van der Waals surface area contributed by atoms with Crippen molar-refractivity contribution in [2.45, 2.75) is 6.54 Å². The zero-order valence-electron chi connectivity index (χ0n) is 9.74. The van der Waals surface area contributed by atoms with Gasteiger partial charge in [-0.05, 0) is 11.6 Å². The maximum atomic E-state index is 13.5. The molecule has 0 aliphatic heterocycles. The third kappa shape index (κ3) is 2.95. The molecule has 2 N–H and O–H groups in total. The van der Waals surface area contributed by atoms with Crippen molar-refractivity contribution in [3.8, 4) is 0 Å². The summed E-state index contributed by atoms with van der Waals surface area (Å²) in [6.45, 7) is 0.485. The second-order valence-corrected chi connectivity index (χ2v) is 4.44. The standard InChI is InChI=1S/C12H12BrFN4/c1-15-12-17-7-10(14)11(18-12)16-6-8-4-2-3-5-9(8)13/h2-5,7H,6H2,1H3,(H2,15,16,17,18). The van der Waals surface area contributed by atoms with Crippen LogP contribution in [-0.4, -0.2) is 17.0 Å². The van der Waals surface area contributed by atoms with Gasteiger partial charge in [-0.15, -0.1) is 0 Å². The smallest absolute Gasteiger partial charge is 0.224 e. The highest BCUT2D eigenvalue weighted by atomic mass is 79.9. The van der Waals surface area contributed by atoms with Crippen LogP contribution in [0, 0.1) is 5.82 Å². The van der Waals surface area contributed by atoms with Crippen molar-refractivity contribution in [1.82, 2.24) is 9.97 Å². The first-order valence-electron chi connectivity index (χ1n) is 5.38. The molecule has 4 nitrogen and oxygen atoms in total. The molecule has 0 bridgehead atoms. The van der Waals surface area contributed by atoms with Gasteiger partial charge < -0.3 is 10.6 Å². The van der Waals surface area contributed by atoms with E-state index in [0.29, 0.717) is 12.5 Å². The van der Waals surface area contributed by atoms with Gasteiger partial charge in [0.25, 0.3) is 0 Å². The molecule has 6 heteroatoms. The number of nitrogens with zero attached hydrogens (tertiary/aromatic N) is 2. The van der Waals surface area contributed by atoms with Crippen molar-refractivity contribution in [1.29, 1.82) is 0 Å². The molecule has 0 aliphatic carbocycles. The molecule has 2 aromatic rings. The van der Waals surface area contributed by atoms with E-state index < -0.39 is 5.82 Å². The second-order valence-electron chi connectivity index (χ2n) is 3.59. The number of halogens is 2. The van der Waals surface area contributed by atoms with Gasteiger partial charge in [0.1, 0.15) is 0 Å². The predicted octanol–water partition coefficient (Wildman–Crippen LogP) is 3.03. The quantitative estimate of drug-likeness (QED) is 0.911. The number of aromatic nitrogens is 2. The topological polar surface area (TPSA) is 49.8 Å². The Labute approximate surface area is 113 Å². The van der Waals surface area contributed by atoms with E-state index in [-0.39, 0.29) is 5.82 Å². The van der Waals surface area contributed by atoms with Gasteiger partial charge in [-0.2, -0.15) is 4.98 Å². The van der Waals surface area contributed by atoms with Crippen LogP contribution >= 0.6 is 15.9 Å². The monoisotopic (exact) mass is 310 g/mol. The van der Waals surface area contributed by atoms with Gasteiger partial charge in [0, 0.05) is 18.1 Å². The van der Waals surface area contributed by atoms with Crippen LogP contribution in [-0.2, 0) is 6.54 Å². The van der Waals surface area contributed by atoms with Crippen LogP contribution in [0.3, 0.4) is 0 Å². The molecule has 1 heterocycles. The zero-order valence-corrected chi connectivity index (χ0v) is 11.3. The fraction of sp³-hybridized carbons (Fsp3) is 0.167. The van der Waals surface area contributed by atoms with Crippen LogP contribution in [0.4, 0.5) is 16.2 Å². The molecule has 0 radical (unpaired) electrons. The molecule has 0 spiro atoms. The minimum Gasteiger partial charge on any atom is -0.363 e. The molecule has 0 fully saturated rings. The average molecular weight is 311 g/mol.